The summed E-state index contributed by atoms with van der Waals surface area (Å²) in [5.41, 5.74) is 0. The normalized spacial score (nSPS) is 52.9. The molecule has 8 heavy (non-hydrogen) atoms. The van der Waals surface area contributed by atoms with Crippen molar-refractivity contribution in [2.45, 2.75) is 31.1 Å². The second kappa shape index (κ2) is 1.63. The summed E-state index contributed by atoms with van der Waals surface area (Å²) in [6.07, 6.45) is 5.63. The van der Waals surface area contributed by atoms with Crippen LogP contribution < -0.4 is 0 Å². The summed E-state index contributed by atoms with van der Waals surface area (Å²) in [6, 6.07) is 0. The van der Waals surface area contributed by atoms with Crippen molar-refractivity contribution in [2.24, 2.45) is 11.8 Å². The lowest BCUT2D eigenvalue weighted by atomic mass is 10.0. The van der Waals surface area contributed by atoms with Gasteiger partial charge in [-0.1, -0.05) is 6.42 Å². The fourth-order valence-electron chi connectivity index (χ4n) is 2.17. The zero-order valence-electron chi connectivity index (χ0n) is 4.94. The fraction of sp³-hybridized carbons (Fsp3) is 1.00. The molecule has 0 aromatic heterocycles. The molecule has 1 heteroatoms. The summed E-state index contributed by atoms with van der Waals surface area (Å²) >= 11 is 6.01. The Morgan fingerprint density at radius 3 is 2.25 bits per heavy atom. The van der Waals surface area contributed by atoms with Crippen LogP contribution >= 0.6 is 11.6 Å². The molecule has 2 rings (SSSR count). The summed E-state index contributed by atoms with van der Waals surface area (Å²) in [5.74, 6) is 1.92. The Bertz CT molecular complexity index is 98.6. The Hall–Kier alpha value is 0.290. The average molecular weight is 131 g/mol. The zero-order chi connectivity index (χ0) is 5.56. The van der Waals surface area contributed by atoms with Gasteiger partial charge in [-0.05, 0) is 31.1 Å². The average Bonchev–Trinajstić information content (AvgIpc) is 2.23. The van der Waals surface area contributed by atoms with E-state index < -0.39 is 0 Å². The van der Waals surface area contributed by atoms with Crippen LogP contribution in [-0.4, -0.2) is 5.38 Å². The van der Waals surface area contributed by atoms with Crippen LogP contribution in [0.5, 0.6) is 0 Å². The SMILES string of the molecule is Cl[C@H]1CC2CCC1C2. The number of rotatable bonds is 0. The maximum atomic E-state index is 6.01. The number of hydrogen-bond acceptors (Lipinski definition) is 0. The van der Waals surface area contributed by atoms with Gasteiger partial charge in [0.25, 0.3) is 0 Å². The number of halogens is 1. The van der Waals surface area contributed by atoms with Gasteiger partial charge in [0.2, 0.25) is 0 Å². The lowest BCUT2D eigenvalue weighted by molar-refractivity contribution is 0.487. The van der Waals surface area contributed by atoms with E-state index in [-0.39, 0.29) is 0 Å². The molecule has 0 aromatic carbocycles. The first kappa shape index (κ1) is 5.10. The topological polar surface area (TPSA) is 0 Å². The fourth-order valence-corrected chi connectivity index (χ4v) is 2.65. The summed E-state index contributed by atoms with van der Waals surface area (Å²) in [5, 5.41) is 0.550. The Balaban J connectivity index is 2.11. The van der Waals surface area contributed by atoms with Crippen LogP contribution in [0.1, 0.15) is 25.7 Å². The molecule has 0 radical (unpaired) electrons. The van der Waals surface area contributed by atoms with E-state index in [2.05, 4.69) is 0 Å². The highest BCUT2D eigenvalue weighted by Gasteiger charge is 2.38. The number of alkyl halides is 1. The summed E-state index contributed by atoms with van der Waals surface area (Å²) in [7, 11) is 0. The molecule has 0 aliphatic heterocycles. The largest absolute Gasteiger partial charge is 0.123 e. The molecule has 2 saturated carbocycles. The Kier molecular flexibility index (Phi) is 1.04. The van der Waals surface area contributed by atoms with Gasteiger partial charge in [0, 0.05) is 5.38 Å². The maximum absolute atomic E-state index is 6.01. The standard InChI is InChI=1S/C7H11Cl/c8-7-4-5-1-2-6(7)3-5/h5-7H,1-4H2/t5?,6?,7-/m0/s1. The zero-order valence-corrected chi connectivity index (χ0v) is 5.69. The maximum Gasteiger partial charge on any atom is 0.0367 e. The molecule has 2 fully saturated rings. The van der Waals surface area contributed by atoms with Crippen molar-refractivity contribution >= 4 is 11.6 Å². The molecule has 0 aromatic rings. The highest BCUT2D eigenvalue weighted by atomic mass is 35.5. The van der Waals surface area contributed by atoms with Gasteiger partial charge in [-0.15, -0.1) is 11.6 Å². The van der Waals surface area contributed by atoms with Crippen molar-refractivity contribution in [2.75, 3.05) is 0 Å². The van der Waals surface area contributed by atoms with Crippen LogP contribution in [0, 0.1) is 11.8 Å². The Labute approximate surface area is 55.2 Å². The third kappa shape index (κ3) is 0.589. The molecule has 0 nitrogen and oxygen atoms in total. The molecule has 0 N–H and O–H groups in total. The first-order valence-electron chi connectivity index (χ1n) is 3.50. The monoisotopic (exact) mass is 130 g/mol. The van der Waals surface area contributed by atoms with Crippen molar-refractivity contribution in [3.63, 3.8) is 0 Å². The number of fused-ring (bicyclic) bond motifs is 2. The van der Waals surface area contributed by atoms with Crippen molar-refractivity contribution in [3.05, 3.63) is 0 Å². The van der Waals surface area contributed by atoms with E-state index in [4.69, 9.17) is 11.6 Å². The summed E-state index contributed by atoms with van der Waals surface area (Å²) < 4.78 is 0. The minimum absolute atomic E-state index is 0.550. The van der Waals surface area contributed by atoms with Crippen LogP contribution in [0.3, 0.4) is 0 Å². The predicted molar refractivity (Wildman–Crippen MR) is 35.1 cm³/mol. The third-order valence-electron chi connectivity index (χ3n) is 2.65. The minimum atomic E-state index is 0.550. The van der Waals surface area contributed by atoms with Crippen LogP contribution in [0.15, 0.2) is 0 Å². The smallest absolute Gasteiger partial charge is 0.0367 e. The molecule has 2 bridgehead atoms. The molecule has 2 aliphatic rings. The second-order valence-corrected chi connectivity index (χ2v) is 3.75. The minimum Gasteiger partial charge on any atom is -0.123 e. The van der Waals surface area contributed by atoms with Gasteiger partial charge in [-0.2, -0.15) is 0 Å². The second-order valence-electron chi connectivity index (χ2n) is 3.19. The third-order valence-corrected chi connectivity index (χ3v) is 3.19. The lowest BCUT2D eigenvalue weighted by Crippen LogP contribution is -2.08. The first-order chi connectivity index (χ1) is 3.86. The molecular weight excluding hydrogens is 120 g/mol. The van der Waals surface area contributed by atoms with Gasteiger partial charge in [-0.3, -0.25) is 0 Å². The van der Waals surface area contributed by atoms with Crippen LogP contribution in [0.25, 0.3) is 0 Å². The molecule has 0 spiro atoms. The van der Waals surface area contributed by atoms with Crippen molar-refractivity contribution in [1.29, 1.82) is 0 Å². The van der Waals surface area contributed by atoms with E-state index in [0.29, 0.717) is 5.38 Å². The van der Waals surface area contributed by atoms with Gasteiger partial charge >= 0.3 is 0 Å². The Morgan fingerprint density at radius 2 is 2.00 bits per heavy atom. The molecular formula is C7H11Cl. The van der Waals surface area contributed by atoms with Crippen molar-refractivity contribution in [1.82, 2.24) is 0 Å². The summed E-state index contributed by atoms with van der Waals surface area (Å²) in [4.78, 5) is 0. The molecule has 3 atom stereocenters. The first-order valence-corrected chi connectivity index (χ1v) is 3.94. The lowest BCUT2D eigenvalue weighted by Gasteiger charge is -2.13. The van der Waals surface area contributed by atoms with Crippen LogP contribution in [-0.2, 0) is 0 Å². The van der Waals surface area contributed by atoms with Crippen molar-refractivity contribution in [3.8, 4) is 0 Å². The molecule has 46 valence electrons. The molecule has 0 amide bonds. The van der Waals surface area contributed by atoms with Gasteiger partial charge in [0.05, 0.1) is 0 Å². The van der Waals surface area contributed by atoms with E-state index in [1.54, 1.807) is 0 Å². The Morgan fingerprint density at radius 1 is 1.12 bits per heavy atom. The van der Waals surface area contributed by atoms with E-state index in [1.807, 2.05) is 0 Å². The van der Waals surface area contributed by atoms with E-state index in [1.165, 1.54) is 25.7 Å². The predicted octanol–water partition coefficient (Wildman–Crippen LogP) is 2.41. The molecule has 2 aliphatic carbocycles. The van der Waals surface area contributed by atoms with Gasteiger partial charge in [-0.25, -0.2) is 0 Å². The van der Waals surface area contributed by atoms with E-state index >= 15 is 0 Å². The van der Waals surface area contributed by atoms with E-state index in [9.17, 15) is 0 Å². The quantitative estimate of drug-likeness (QED) is 0.442. The van der Waals surface area contributed by atoms with Crippen molar-refractivity contribution < 1.29 is 0 Å². The number of hydrogen-bond donors (Lipinski definition) is 0. The molecule has 0 saturated heterocycles. The van der Waals surface area contributed by atoms with Gasteiger partial charge < -0.3 is 0 Å². The van der Waals surface area contributed by atoms with Gasteiger partial charge in [0.15, 0.2) is 0 Å². The van der Waals surface area contributed by atoms with Crippen LogP contribution in [0.2, 0.25) is 0 Å². The highest BCUT2D eigenvalue weighted by molar-refractivity contribution is 6.21. The highest BCUT2D eigenvalue weighted by Crippen LogP contribution is 2.46. The van der Waals surface area contributed by atoms with Gasteiger partial charge in [0.1, 0.15) is 0 Å². The molecule has 2 unspecified atom stereocenters. The molecule has 0 heterocycles. The van der Waals surface area contributed by atoms with Crippen LogP contribution in [0.4, 0.5) is 0 Å². The van der Waals surface area contributed by atoms with E-state index in [0.717, 1.165) is 11.8 Å². The summed E-state index contributed by atoms with van der Waals surface area (Å²) in [6.45, 7) is 0.